The third-order valence-corrected chi connectivity index (χ3v) is 11.4. The molecule has 14 heteroatoms. The van der Waals surface area contributed by atoms with Gasteiger partial charge in [-0.3, -0.25) is 5.10 Å². The lowest BCUT2D eigenvalue weighted by molar-refractivity contribution is 0.0597. The number of aromatic amines is 1. The first-order valence-corrected chi connectivity index (χ1v) is 18.9. The van der Waals surface area contributed by atoms with Gasteiger partial charge in [0.2, 0.25) is 5.88 Å². The summed E-state index contributed by atoms with van der Waals surface area (Å²) in [7, 11) is 1.50. The zero-order valence-electron chi connectivity index (χ0n) is 29.2. The zero-order valence-corrected chi connectivity index (χ0v) is 29.9. The molecule has 2 saturated carbocycles. The molecule has 274 valence electrons. The second kappa shape index (κ2) is 14.9. The lowest BCUT2D eigenvalue weighted by atomic mass is 9.76. The number of rotatable bonds is 7. The standard InChI is InChI=1S/C32H37ClFN7O4.C5H10O/c1-43-30-25-28(26(34)27(37-30)24-19-13-36-40-21(19)12-20(33)23(24)17-5-6-17)38-31(39-29(25)41-10-11-44-15-18(42)14-41)45-16-32-7-2-4-22(32)35-9-3-8-32;1-2-4-6-5-3-1/h12-13,17-18,22,35,42H,2-11,14-16H2,1H3,(H,36,40);1-5H2. The predicted octanol–water partition coefficient (Wildman–Crippen LogP) is 5.93. The molecular formula is C37H47ClFN7O5. The van der Waals surface area contributed by atoms with E-state index in [1.807, 2.05) is 11.0 Å². The molecule has 3 saturated heterocycles. The Kier molecular flexibility index (Phi) is 10.2. The van der Waals surface area contributed by atoms with E-state index in [9.17, 15) is 5.11 Å². The summed E-state index contributed by atoms with van der Waals surface area (Å²) in [5, 5.41) is 23.1. The van der Waals surface area contributed by atoms with E-state index in [0.29, 0.717) is 53.1 Å². The van der Waals surface area contributed by atoms with E-state index >= 15 is 4.39 Å². The molecule has 0 amide bonds. The van der Waals surface area contributed by atoms with Crippen LogP contribution < -0.4 is 19.7 Å². The van der Waals surface area contributed by atoms with Crippen molar-refractivity contribution < 1.29 is 28.4 Å². The van der Waals surface area contributed by atoms with Crippen molar-refractivity contribution in [2.45, 2.75) is 82.3 Å². The number of anilines is 1. The molecule has 0 bridgehead atoms. The monoisotopic (exact) mass is 723 g/mol. The van der Waals surface area contributed by atoms with E-state index in [-0.39, 0.29) is 47.6 Å². The number of pyridine rings is 1. The fourth-order valence-electron chi connectivity index (χ4n) is 8.41. The Hall–Kier alpha value is -3.36. The van der Waals surface area contributed by atoms with E-state index in [1.54, 1.807) is 6.20 Å². The van der Waals surface area contributed by atoms with Crippen LogP contribution in [0.3, 0.4) is 0 Å². The van der Waals surface area contributed by atoms with Gasteiger partial charge < -0.3 is 34.3 Å². The number of aliphatic hydroxyl groups excluding tert-OH is 1. The highest BCUT2D eigenvalue weighted by Crippen LogP contribution is 2.51. The minimum Gasteiger partial charge on any atom is -0.480 e. The maximum absolute atomic E-state index is 17.2. The van der Waals surface area contributed by atoms with E-state index in [4.69, 9.17) is 45.5 Å². The first-order valence-electron chi connectivity index (χ1n) is 18.5. The Morgan fingerprint density at radius 2 is 1.90 bits per heavy atom. The summed E-state index contributed by atoms with van der Waals surface area (Å²) in [6.07, 6.45) is 12.3. The number of piperidine rings is 1. The topological polar surface area (TPSA) is 140 Å². The van der Waals surface area contributed by atoms with Crippen molar-refractivity contribution >= 4 is 39.2 Å². The van der Waals surface area contributed by atoms with Crippen molar-refractivity contribution in [2.24, 2.45) is 5.41 Å². The van der Waals surface area contributed by atoms with Crippen molar-refractivity contribution in [1.82, 2.24) is 30.5 Å². The molecule has 0 spiro atoms. The van der Waals surface area contributed by atoms with Gasteiger partial charge in [-0.1, -0.05) is 18.0 Å². The third kappa shape index (κ3) is 6.95. The predicted molar refractivity (Wildman–Crippen MR) is 192 cm³/mol. The van der Waals surface area contributed by atoms with Crippen LogP contribution in [0.4, 0.5) is 10.2 Å². The summed E-state index contributed by atoms with van der Waals surface area (Å²) < 4.78 is 40.1. The molecule has 51 heavy (non-hydrogen) atoms. The Labute approximate surface area is 301 Å². The normalized spacial score (nSPS) is 25.3. The van der Waals surface area contributed by atoms with Gasteiger partial charge in [-0.15, -0.1) is 0 Å². The summed E-state index contributed by atoms with van der Waals surface area (Å²) in [4.78, 5) is 16.2. The van der Waals surface area contributed by atoms with Crippen LogP contribution in [0.15, 0.2) is 12.3 Å². The van der Waals surface area contributed by atoms with E-state index in [0.717, 1.165) is 75.7 Å². The van der Waals surface area contributed by atoms with Crippen molar-refractivity contribution in [1.29, 1.82) is 0 Å². The van der Waals surface area contributed by atoms with Crippen LogP contribution in [0.5, 0.6) is 11.9 Å². The van der Waals surface area contributed by atoms with Crippen LogP contribution in [0.25, 0.3) is 33.1 Å². The number of aromatic nitrogens is 5. The van der Waals surface area contributed by atoms with E-state index in [1.165, 1.54) is 26.4 Å². The Morgan fingerprint density at radius 1 is 1.06 bits per heavy atom. The number of aliphatic hydroxyl groups is 1. The number of nitrogens with zero attached hydrogens (tertiary/aromatic N) is 5. The number of methoxy groups -OCH3 is 1. The Morgan fingerprint density at radius 3 is 2.67 bits per heavy atom. The molecule has 3 N–H and O–H groups in total. The van der Waals surface area contributed by atoms with Crippen LogP contribution in [0, 0.1) is 11.2 Å². The molecule has 1 aromatic carbocycles. The molecule has 3 unspecified atom stereocenters. The highest BCUT2D eigenvalue weighted by atomic mass is 35.5. The van der Waals surface area contributed by atoms with E-state index < -0.39 is 11.9 Å². The minimum absolute atomic E-state index is 0.00412. The number of H-pyrrole nitrogens is 1. The number of β-amino-alcohol motifs (C(OH)–C–C–N with tert-alkyl or cyclic N) is 1. The largest absolute Gasteiger partial charge is 0.480 e. The molecule has 4 aromatic rings. The zero-order chi connectivity index (χ0) is 35.0. The number of hydrogen-bond acceptors (Lipinski definition) is 11. The van der Waals surface area contributed by atoms with Gasteiger partial charge in [0.05, 0.1) is 44.7 Å². The molecule has 9 rings (SSSR count). The molecule has 3 aliphatic heterocycles. The molecule has 3 aromatic heterocycles. The summed E-state index contributed by atoms with van der Waals surface area (Å²) >= 11 is 6.81. The van der Waals surface area contributed by atoms with Crippen molar-refractivity contribution in [3.8, 4) is 23.1 Å². The molecule has 6 heterocycles. The fourth-order valence-corrected chi connectivity index (χ4v) is 8.77. The second-order valence-electron chi connectivity index (χ2n) is 14.6. The summed E-state index contributed by atoms with van der Waals surface area (Å²) in [5.41, 5.74) is 2.27. The first-order chi connectivity index (χ1) is 25.0. The van der Waals surface area contributed by atoms with Crippen LogP contribution in [-0.2, 0) is 9.47 Å². The number of halogens is 2. The van der Waals surface area contributed by atoms with Crippen LogP contribution in [0.2, 0.25) is 5.02 Å². The van der Waals surface area contributed by atoms with E-state index in [2.05, 4.69) is 15.5 Å². The van der Waals surface area contributed by atoms with Crippen molar-refractivity contribution in [3.05, 3.63) is 28.7 Å². The van der Waals surface area contributed by atoms with Gasteiger partial charge in [-0.2, -0.15) is 15.1 Å². The molecule has 0 radical (unpaired) electrons. The quantitative estimate of drug-likeness (QED) is 0.209. The molecule has 2 aliphatic carbocycles. The van der Waals surface area contributed by atoms with Crippen molar-refractivity contribution in [2.75, 3.05) is 64.7 Å². The van der Waals surface area contributed by atoms with Gasteiger partial charge in [-0.25, -0.2) is 9.37 Å². The number of ether oxygens (including phenoxy) is 4. The fraction of sp³-hybridized carbons (Fsp3) is 0.622. The van der Waals surface area contributed by atoms with Crippen molar-refractivity contribution in [3.63, 3.8) is 0 Å². The molecule has 3 atom stereocenters. The smallest absolute Gasteiger partial charge is 0.319 e. The molecule has 12 nitrogen and oxygen atoms in total. The lowest BCUT2D eigenvalue weighted by Crippen LogP contribution is -2.49. The number of benzene rings is 1. The number of fused-ring (bicyclic) bond motifs is 3. The highest BCUT2D eigenvalue weighted by Gasteiger charge is 2.45. The Balaban J connectivity index is 0.000000567. The summed E-state index contributed by atoms with van der Waals surface area (Å²) in [6, 6.07) is 2.31. The van der Waals surface area contributed by atoms with Crippen LogP contribution in [-0.4, -0.2) is 102 Å². The summed E-state index contributed by atoms with van der Waals surface area (Å²) in [6.45, 7) is 4.70. The number of hydrogen-bond donors (Lipinski definition) is 3. The Bertz CT molecular complexity index is 1860. The van der Waals surface area contributed by atoms with Gasteiger partial charge >= 0.3 is 6.01 Å². The average molecular weight is 724 g/mol. The maximum atomic E-state index is 17.2. The molecule has 5 fully saturated rings. The van der Waals surface area contributed by atoms with Gasteiger partial charge in [-0.05, 0) is 81.9 Å². The van der Waals surface area contributed by atoms with Gasteiger partial charge in [0.25, 0.3) is 0 Å². The summed E-state index contributed by atoms with van der Waals surface area (Å²) in [5.74, 6) is 0.148. The minimum atomic E-state index is -0.752. The SMILES string of the molecule is C1CCOCC1.COc1nc(-c2c(C3CC3)c(Cl)cc3[nH]ncc23)c(F)c2nc(OCC34CCCNC3CCC4)nc(N3CCOCC(O)C3)c12. The number of nitrogens with one attached hydrogen (secondary N) is 2. The third-order valence-electron chi connectivity index (χ3n) is 11.1. The van der Waals surface area contributed by atoms with Gasteiger partial charge in [0.1, 0.15) is 22.4 Å². The molecular weight excluding hydrogens is 677 g/mol. The second-order valence-corrected chi connectivity index (χ2v) is 15.0. The first kappa shape index (κ1) is 34.7. The van der Waals surface area contributed by atoms with Gasteiger partial charge in [0.15, 0.2) is 5.82 Å². The van der Waals surface area contributed by atoms with Gasteiger partial charge in [0, 0.05) is 53.7 Å². The highest BCUT2D eigenvalue weighted by molar-refractivity contribution is 6.33. The van der Waals surface area contributed by atoms with Crippen LogP contribution >= 0.6 is 11.6 Å². The molecule has 5 aliphatic rings. The average Bonchev–Trinajstić information content (AvgIpc) is 3.80. The maximum Gasteiger partial charge on any atom is 0.319 e. The van der Waals surface area contributed by atoms with Crippen LogP contribution in [0.1, 0.15) is 75.7 Å². The lowest BCUT2D eigenvalue weighted by Gasteiger charge is -2.39.